The summed E-state index contributed by atoms with van der Waals surface area (Å²) in [6.07, 6.45) is 0. The largest absolute Gasteiger partial charge is 0.397 e. The summed E-state index contributed by atoms with van der Waals surface area (Å²) in [6.45, 7) is 1.95. The van der Waals surface area contributed by atoms with Crippen LogP contribution in [0.3, 0.4) is 0 Å². The van der Waals surface area contributed by atoms with Gasteiger partial charge in [-0.3, -0.25) is 0 Å². The summed E-state index contributed by atoms with van der Waals surface area (Å²) in [5, 5.41) is 12.1. The Morgan fingerprint density at radius 2 is 1.89 bits per heavy atom. The van der Waals surface area contributed by atoms with Crippen LogP contribution in [0.1, 0.15) is 24.1 Å². The highest BCUT2D eigenvalue weighted by Gasteiger charge is 2.08. The molecule has 2 rings (SSSR count). The molecular formula is C15H14FN3. The molecule has 1 unspecified atom stereocenters. The van der Waals surface area contributed by atoms with E-state index in [0.717, 1.165) is 5.56 Å². The van der Waals surface area contributed by atoms with E-state index in [1.165, 1.54) is 12.1 Å². The summed E-state index contributed by atoms with van der Waals surface area (Å²) in [5.41, 5.74) is 8.64. The molecule has 0 aliphatic heterocycles. The van der Waals surface area contributed by atoms with Gasteiger partial charge in [-0.05, 0) is 42.8 Å². The van der Waals surface area contributed by atoms with Crippen LogP contribution in [0.2, 0.25) is 0 Å². The second-order valence-corrected chi connectivity index (χ2v) is 4.33. The third kappa shape index (κ3) is 3.02. The highest BCUT2D eigenvalue weighted by Crippen LogP contribution is 2.25. The molecule has 4 heteroatoms. The first-order valence-corrected chi connectivity index (χ1v) is 5.92. The monoisotopic (exact) mass is 255 g/mol. The molecule has 0 spiro atoms. The molecule has 0 saturated carbocycles. The van der Waals surface area contributed by atoms with Crippen LogP contribution in [0.25, 0.3) is 0 Å². The molecule has 0 aliphatic carbocycles. The van der Waals surface area contributed by atoms with Crippen molar-refractivity contribution in [2.45, 2.75) is 13.0 Å². The van der Waals surface area contributed by atoms with Crippen LogP contribution >= 0.6 is 0 Å². The molecule has 3 nitrogen and oxygen atoms in total. The number of anilines is 2. The number of benzene rings is 2. The van der Waals surface area contributed by atoms with Gasteiger partial charge in [0.05, 0.1) is 23.0 Å². The van der Waals surface area contributed by atoms with Crippen molar-refractivity contribution >= 4 is 11.4 Å². The first-order valence-electron chi connectivity index (χ1n) is 5.92. The third-order valence-electron chi connectivity index (χ3n) is 2.92. The fourth-order valence-corrected chi connectivity index (χ4v) is 1.82. The van der Waals surface area contributed by atoms with Gasteiger partial charge in [-0.15, -0.1) is 0 Å². The van der Waals surface area contributed by atoms with Crippen molar-refractivity contribution in [2.24, 2.45) is 0 Å². The molecule has 1 atom stereocenters. The van der Waals surface area contributed by atoms with Gasteiger partial charge in [-0.2, -0.15) is 5.26 Å². The van der Waals surface area contributed by atoms with Gasteiger partial charge in [0.1, 0.15) is 5.82 Å². The molecule has 2 aromatic rings. The molecule has 0 fully saturated rings. The van der Waals surface area contributed by atoms with E-state index in [0.29, 0.717) is 16.9 Å². The van der Waals surface area contributed by atoms with Crippen molar-refractivity contribution in [1.29, 1.82) is 5.26 Å². The first-order chi connectivity index (χ1) is 9.10. The topological polar surface area (TPSA) is 61.8 Å². The lowest BCUT2D eigenvalue weighted by molar-refractivity contribution is 0.626. The van der Waals surface area contributed by atoms with Crippen molar-refractivity contribution in [3.8, 4) is 6.07 Å². The van der Waals surface area contributed by atoms with Gasteiger partial charge in [0.15, 0.2) is 0 Å². The lowest BCUT2D eigenvalue weighted by Gasteiger charge is -2.17. The number of nitrogens with one attached hydrogen (secondary N) is 1. The third-order valence-corrected chi connectivity index (χ3v) is 2.92. The zero-order valence-electron chi connectivity index (χ0n) is 10.5. The number of hydrogen-bond acceptors (Lipinski definition) is 3. The van der Waals surface area contributed by atoms with Crippen molar-refractivity contribution in [2.75, 3.05) is 11.1 Å². The molecule has 0 radical (unpaired) electrons. The second kappa shape index (κ2) is 5.40. The van der Waals surface area contributed by atoms with Gasteiger partial charge in [0.2, 0.25) is 0 Å². The van der Waals surface area contributed by atoms with E-state index >= 15 is 0 Å². The van der Waals surface area contributed by atoms with E-state index in [1.54, 1.807) is 30.3 Å². The summed E-state index contributed by atoms with van der Waals surface area (Å²) in [4.78, 5) is 0. The Bertz CT molecular complexity index is 614. The van der Waals surface area contributed by atoms with Crippen LogP contribution in [0, 0.1) is 17.1 Å². The van der Waals surface area contributed by atoms with Gasteiger partial charge < -0.3 is 11.1 Å². The van der Waals surface area contributed by atoms with Crippen LogP contribution in [0.15, 0.2) is 42.5 Å². The highest BCUT2D eigenvalue weighted by molar-refractivity contribution is 5.68. The highest BCUT2D eigenvalue weighted by atomic mass is 19.1. The number of hydrogen-bond donors (Lipinski definition) is 2. The van der Waals surface area contributed by atoms with Crippen LogP contribution in [-0.2, 0) is 0 Å². The predicted molar refractivity (Wildman–Crippen MR) is 74.0 cm³/mol. The second-order valence-electron chi connectivity index (χ2n) is 4.33. The average Bonchev–Trinajstić information content (AvgIpc) is 2.42. The van der Waals surface area contributed by atoms with E-state index in [2.05, 4.69) is 11.4 Å². The van der Waals surface area contributed by atoms with Crippen LogP contribution in [0.5, 0.6) is 0 Å². The number of nitrogens with two attached hydrogens (primary N) is 1. The zero-order valence-corrected chi connectivity index (χ0v) is 10.5. The molecule has 0 heterocycles. The molecule has 3 N–H and O–H groups in total. The number of halogens is 1. The van der Waals surface area contributed by atoms with E-state index in [1.807, 2.05) is 6.92 Å². The summed E-state index contributed by atoms with van der Waals surface area (Å²) in [6, 6.07) is 13.4. The van der Waals surface area contributed by atoms with Gasteiger partial charge in [-0.1, -0.05) is 12.1 Å². The molecule has 0 amide bonds. The van der Waals surface area contributed by atoms with Gasteiger partial charge in [0, 0.05) is 6.04 Å². The van der Waals surface area contributed by atoms with Crippen molar-refractivity contribution < 1.29 is 4.39 Å². The maximum absolute atomic E-state index is 12.9. The molecule has 0 bridgehead atoms. The van der Waals surface area contributed by atoms with Gasteiger partial charge in [0.25, 0.3) is 0 Å². The molecule has 0 aliphatic rings. The quantitative estimate of drug-likeness (QED) is 0.826. The standard InChI is InChI=1S/C15H14FN3/c1-10(12-3-5-13(16)6-4-12)19-15-8-11(9-17)2-7-14(15)18/h2-8,10,19H,18H2,1H3. The fraction of sp³-hybridized carbons (Fsp3) is 0.133. The number of nitriles is 1. The zero-order chi connectivity index (χ0) is 13.8. The first kappa shape index (κ1) is 12.9. The SMILES string of the molecule is CC(Nc1cc(C#N)ccc1N)c1ccc(F)cc1. The lowest BCUT2D eigenvalue weighted by Crippen LogP contribution is -2.08. The molecule has 0 saturated heterocycles. The van der Waals surface area contributed by atoms with Crippen LogP contribution in [-0.4, -0.2) is 0 Å². The number of nitrogen functional groups attached to an aromatic ring is 1. The minimum atomic E-state index is -0.262. The Labute approximate surface area is 111 Å². The fourth-order valence-electron chi connectivity index (χ4n) is 1.82. The van der Waals surface area contributed by atoms with Crippen LogP contribution < -0.4 is 11.1 Å². The lowest BCUT2D eigenvalue weighted by atomic mass is 10.1. The minimum absolute atomic E-state index is 0.0307. The summed E-state index contributed by atoms with van der Waals surface area (Å²) in [5.74, 6) is -0.262. The van der Waals surface area contributed by atoms with Gasteiger partial charge in [-0.25, -0.2) is 4.39 Å². The molecule has 96 valence electrons. The van der Waals surface area contributed by atoms with Crippen molar-refractivity contribution in [3.63, 3.8) is 0 Å². The van der Waals surface area contributed by atoms with Gasteiger partial charge >= 0.3 is 0 Å². The maximum atomic E-state index is 12.9. The molecule has 19 heavy (non-hydrogen) atoms. The van der Waals surface area contributed by atoms with E-state index in [4.69, 9.17) is 11.0 Å². The Balaban J connectivity index is 2.21. The van der Waals surface area contributed by atoms with Crippen molar-refractivity contribution in [1.82, 2.24) is 0 Å². The number of rotatable bonds is 3. The number of nitrogens with zero attached hydrogens (tertiary/aromatic N) is 1. The molecule has 0 aromatic heterocycles. The Morgan fingerprint density at radius 1 is 1.21 bits per heavy atom. The Hall–Kier alpha value is -2.54. The normalized spacial score (nSPS) is 11.6. The summed E-state index contributed by atoms with van der Waals surface area (Å²) >= 11 is 0. The Kier molecular flexibility index (Phi) is 3.67. The smallest absolute Gasteiger partial charge is 0.123 e. The van der Waals surface area contributed by atoms with E-state index in [9.17, 15) is 4.39 Å². The van der Waals surface area contributed by atoms with Crippen molar-refractivity contribution in [3.05, 3.63) is 59.4 Å². The summed E-state index contributed by atoms with van der Waals surface area (Å²) < 4.78 is 12.9. The maximum Gasteiger partial charge on any atom is 0.123 e. The molecular weight excluding hydrogens is 241 g/mol. The van der Waals surface area contributed by atoms with Crippen LogP contribution in [0.4, 0.5) is 15.8 Å². The minimum Gasteiger partial charge on any atom is -0.397 e. The summed E-state index contributed by atoms with van der Waals surface area (Å²) in [7, 11) is 0. The van der Waals surface area contributed by atoms with E-state index in [-0.39, 0.29) is 11.9 Å². The predicted octanol–water partition coefficient (Wildman–Crippen LogP) is 3.45. The van der Waals surface area contributed by atoms with E-state index < -0.39 is 0 Å². The average molecular weight is 255 g/mol. The molecule has 2 aromatic carbocycles. The Morgan fingerprint density at radius 3 is 2.53 bits per heavy atom.